The summed E-state index contributed by atoms with van der Waals surface area (Å²) in [6.45, 7) is 1.61. The lowest BCUT2D eigenvalue weighted by atomic mass is 10.2. The molecule has 21 heavy (non-hydrogen) atoms. The molecule has 3 N–H and O–H groups in total. The Morgan fingerprint density at radius 2 is 1.81 bits per heavy atom. The van der Waals surface area contributed by atoms with E-state index < -0.39 is 0 Å². The predicted molar refractivity (Wildman–Crippen MR) is 87.4 cm³/mol. The van der Waals surface area contributed by atoms with Gasteiger partial charge < -0.3 is 10.4 Å². The molecular weight excluding hydrogens is 288 g/mol. The van der Waals surface area contributed by atoms with E-state index >= 15 is 0 Å². The lowest BCUT2D eigenvalue weighted by Gasteiger charge is -2.26. The third-order valence-electron chi connectivity index (χ3n) is 2.99. The summed E-state index contributed by atoms with van der Waals surface area (Å²) in [7, 11) is 0. The molecule has 1 aliphatic heterocycles. The highest BCUT2D eigenvalue weighted by molar-refractivity contribution is 5.85. The Bertz CT molecular complexity index is 618. The minimum Gasteiger partial charge on any atom is -0.508 e. The molecule has 0 saturated carbocycles. The van der Waals surface area contributed by atoms with Crippen LogP contribution < -0.4 is 15.8 Å². The van der Waals surface area contributed by atoms with Crippen molar-refractivity contribution < 1.29 is 5.11 Å². The number of guanidine groups is 1. The fourth-order valence-electron chi connectivity index (χ4n) is 2.07. The van der Waals surface area contributed by atoms with Crippen molar-refractivity contribution in [2.75, 3.05) is 18.1 Å². The quantitative estimate of drug-likeness (QED) is 0.762. The molecule has 0 atom stereocenters. The van der Waals surface area contributed by atoms with Gasteiger partial charge in [-0.3, -0.25) is 15.4 Å². The van der Waals surface area contributed by atoms with Gasteiger partial charge in [-0.1, -0.05) is 24.3 Å². The number of rotatable bonds is 3. The first-order chi connectivity index (χ1) is 9.83. The van der Waals surface area contributed by atoms with Crippen molar-refractivity contribution in [2.24, 2.45) is 4.99 Å². The fourth-order valence-corrected chi connectivity index (χ4v) is 2.07. The van der Waals surface area contributed by atoms with Gasteiger partial charge in [-0.2, -0.15) is 0 Å². The Hall–Kier alpha value is -2.40. The van der Waals surface area contributed by atoms with E-state index in [1.807, 2.05) is 47.5 Å². The van der Waals surface area contributed by atoms with Crippen molar-refractivity contribution in [2.45, 2.75) is 0 Å². The van der Waals surface area contributed by atoms with E-state index in [1.54, 1.807) is 12.1 Å². The third-order valence-corrected chi connectivity index (χ3v) is 2.99. The highest BCUT2D eigenvalue weighted by Gasteiger charge is 2.13. The Balaban J connectivity index is 0.00000161. The normalized spacial score (nSPS) is 12.9. The zero-order chi connectivity index (χ0) is 13.8. The molecule has 2 aromatic rings. The molecule has 2 aromatic carbocycles. The molecule has 1 heterocycles. The van der Waals surface area contributed by atoms with E-state index in [4.69, 9.17) is 0 Å². The second-order valence-electron chi connectivity index (χ2n) is 4.46. The molecule has 0 bridgehead atoms. The highest BCUT2D eigenvalue weighted by Crippen LogP contribution is 2.25. The number of aliphatic imine (C=N–C) groups is 1. The van der Waals surface area contributed by atoms with Gasteiger partial charge in [0, 0.05) is 12.6 Å². The van der Waals surface area contributed by atoms with Gasteiger partial charge in [0.1, 0.15) is 5.75 Å². The van der Waals surface area contributed by atoms with Crippen LogP contribution in [0.1, 0.15) is 0 Å². The number of phenolic OH excluding ortho intramolecular Hbond substituents is 1. The average Bonchev–Trinajstić information content (AvgIpc) is 2.99. The molecule has 0 aromatic heterocycles. The summed E-state index contributed by atoms with van der Waals surface area (Å²) >= 11 is 0. The van der Waals surface area contributed by atoms with E-state index in [2.05, 4.69) is 15.7 Å². The first-order valence-corrected chi connectivity index (χ1v) is 6.52. The second kappa shape index (κ2) is 6.85. The van der Waals surface area contributed by atoms with Crippen molar-refractivity contribution in [1.82, 2.24) is 10.7 Å². The zero-order valence-electron chi connectivity index (χ0n) is 11.4. The smallest absolute Gasteiger partial charge is 0.210 e. The number of nitrogens with one attached hydrogen (secondary N) is 2. The van der Waals surface area contributed by atoms with Crippen LogP contribution in [0.5, 0.6) is 5.75 Å². The summed E-state index contributed by atoms with van der Waals surface area (Å²) in [4.78, 5) is 4.34. The summed E-state index contributed by atoms with van der Waals surface area (Å²) in [6.07, 6.45) is 0. The van der Waals surface area contributed by atoms with Crippen LogP contribution in [0.25, 0.3) is 0 Å². The fraction of sp³-hybridized carbons (Fsp3) is 0.133. The number of hydrogen-bond donors (Lipinski definition) is 3. The van der Waals surface area contributed by atoms with Gasteiger partial charge in [-0.05, 0) is 24.3 Å². The first-order valence-electron chi connectivity index (χ1n) is 6.52. The molecule has 6 heteroatoms. The largest absolute Gasteiger partial charge is 0.508 e. The second-order valence-corrected chi connectivity index (χ2v) is 4.46. The maximum Gasteiger partial charge on any atom is 0.210 e. The summed E-state index contributed by atoms with van der Waals surface area (Å²) in [5.41, 5.74) is 5.04. The summed E-state index contributed by atoms with van der Waals surface area (Å²) in [5, 5.41) is 14.7. The maximum absolute atomic E-state index is 9.67. The number of aromatic hydroxyl groups is 1. The number of para-hydroxylation sites is 1. The monoisotopic (exact) mass is 304 g/mol. The molecule has 0 radical (unpaired) electrons. The molecule has 1 aliphatic rings. The lowest BCUT2D eigenvalue weighted by Crippen LogP contribution is -2.44. The van der Waals surface area contributed by atoms with Gasteiger partial charge in [-0.25, -0.2) is 0 Å². The van der Waals surface area contributed by atoms with Crippen LogP contribution >= 0.6 is 12.4 Å². The Kier molecular flexibility index (Phi) is 4.90. The first kappa shape index (κ1) is 15.0. The van der Waals surface area contributed by atoms with E-state index in [9.17, 15) is 5.11 Å². The van der Waals surface area contributed by atoms with Crippen LogP contribution in [0.15, 0.2) is 59.6 Å². The van der Waals surface area contributed by atoms with Gasteiger partial charge in [-0.15, -0.1) is 12.4 Å². The van der Waals surface area contributed by atoms with Crippen molar-refractivity contribution >= 4 is 29.7 Å². The van der Waals surface area contributed by atoms with Crippen LogP contribution in [0, 0.1) is 0 Å². The van der Waals surface area contributed by atoms with Crippen molar-refractivity contribution in [3.8, 4) is 5.75 Å². The Morgan fingerprint density at radius 1 is 1.05 bits per heavy atom. The summed E-state index contributed by atoms with van der Waals surface area (Å²) in [6, 6.07) is 17.0. The number of phenols is 1. The molecule has 0 unspecified atom stereocenters. The number of hydrazine groups is 1. The van der Waals surface area contributed by atoms with E-state index in [0.717, 1.165) is 30.4 Å². The highest BCUT2D eigenvalue weighted by atomic mass is 35.5. The van der Waals surface area contributed by atoms with E-state index in [-0.39, 0.29) is 18.2 Å². The molecule has 110 valence electrons. The van der Waals surface area contributed by atoms with Gasteiger partial charge in [0.2, 0.25) is 5.96 Å². The number of benzene rings is 2. The average molecular weight is 305 g/mol. The van der Waals surface area contributed by atoms with E-state index in [0.29, 0.717) is 0 Å². The number of anilines is 2. The number of halogens is 1. The van der Waals surface area contributed by atoms with Gasteiger partial charge in [0.05, 0.1) is 17.9 Å². The Labute approximate surface area is 129 Å². The number of hydrogen-bond acceptors (Lipinski definition) is 5. The Morgan fingerprint density at radius 3 is 2.48 bits per heavy atom. The zero-order valence-corrected chi connectivity index (χ0v) is 12.2. The van der Waals surface area contributed by atoms with E-state index in [1.165, 1.54) is 0 Å². The minimum atomic E-state index is 0. The molecule has 0 amide bonds. The third kappa shape index (κ3) is 3.58. The van der Waals surface area contributed by atoms with Crippen LogP contribution in [0.2, 0.25) is 0 Å². The van der Waals surface area contributed by atoms with Gasteiger partial charge in [0.25, 0.3) is 0 Å². The molecule has 5 nitrogen and oxygen atoms in total. The topological polar surface area (TPSA) is 59.9 Å². The standard InChI is InChI=1S/C15H16N4O.ClH/c20-14-8-4-7-13(11-14)19(12-5-2-1-3-6-12)18-15-16-9-10-17-15;/h1-8,11,20H,9-10H2,(H2,16,17,18);1H. The van der Waals surface area contributed by atoms with Crippen LogP contribution in [0.3, 0.4) is 0 Å². The predicted octanol–water partition coefficient (Wildman–Crippen LogP) is 2.42. The van der Waals surface area contributed by atoms with Crippen LogP contribution in [-0.4, -0.2) is 24.2 Å². The van der Waals surface area contributed by atoms with Crippen molar-refractivity contribution in [3.63, 3.8) is 0 Å². The van der Waals surface area contributed by atoms with Crippen molar-refractivity contribution in [3.05, 3.63) is 54.6 Å². The van der Waals surface area contributed by atoms with Crippen LogP contribution in [0.4, 0.5) is 11.4 Å². The molecule has 0 aliphatic carbocycles. The van der Waals surface area contributed by atoms with Crippen LogP contribution in [-0.2, 0) is 0 Å². The molecule has 3 rings (SSSR count). The summed E-state index contributed by atoms with van der Waals surface area (Å²) in [5.74, 6) is 0.962. The van der Waals surface area contributed by atoms with Gasteiger partial charge in [0.15, 0.2) is 0 Å². The van der Waals surface area contributed by atoms with Gasteiger partial charge >= 0.3 is 0 Å². The molecular formula is C15H17ClN4O. The minimum absolute atomic E-state index is 0. The van der Waals surface area contributed by atoms with Crippen molar-refractivity contribution in [1.29, 1.82) is 0 Å². The SMILES string of the molecule is Cl.Oc1cccc(N(NC2=NCCN2)c2ccccc2)c1. The molecule has 0 spiro atoms. The summed E-state index contributed by atoms with van der Waals surface area (Å²) < 4.78 is 0. The molecule has 0 fully saturated rings. The molecule has 0 saturated heterocycles. The number of nitrogens with zero attached hydrogens (tertiary/aromatic N) is 2. The maximum atomic E-state index is 9.67. The lowest BCUT2D eigenvalue weighted by molar-refractivity contribution is 0.475.